The van der Waals surface area contributed by atoms with E-state index in [0.717, 1.165) is 32.2 Å². The number of carbonyl (C=O) groups excluding carboxylic acids is 3. The Hall–Kier alpha value is -4.99. The zero-order valence-corrected chi connectivity index (χ0v) is 26.7. The first kappa shape index (κ1) is 31.4. The fourth-order valence-corrected chi connectivity index (χ4v) is 6.07. The second-order valence-corrected chi connectivity index (χ2v) is 12.9. The van der Waals surface area contributed by atoms with Gasteiger partial charge in [0.25, 0.3) is 11.8 Å². The lowest BCUT2D eigenvalue weighted by atomic mass is 10.1. The summed E-state index contributed by atoms with van der Waals surface area (Å²) in [5.41, 5.74) is 4.86. The van der Waals surface area contributed by atoms with Crippen LogP contribution >= 0.6 is 23.1 Å². The van der Waals surface area contributed by atoms with Crippen LogP contribution < -0.4 is 16.0 Å². The number of aryl methyl sites for hydroxylation is 2. The largest absolute Gasteiger partial charge is 0.321 e. The zero-order valence-electron chi connectivity index (χ0n) is 25.0. The second kappa shape index (κ2) is 14.7. The first-order valence-corrected chi connectivity index (χ1v) is 16.0. The fourth-order valence-electron chi connectivity index (χ4n) is 4.37. The third-order valence-electron chi connectivity index (χ3n) is 6.79. The summed E-state index contributed by atoms with van der Waals surface area (Å²) in [6.07, 6.45) is 1.65. The summed E-state index contributed by atoms with van der Waals surface area (Å²) in [6.45, 7) is 5.81. The number of rotatable bonds is 10. The van der Waals surface area contributed by atoms with Gasteiger partial charge in [-0.15, -0.1) is 23.1 Å². The van der Waals surface area contributed by atoms with Gasteiger partial charge in [0.2, 0.25) is 5.91 Å². The molecule has 0 saturated carbocycles. The Balaban J connectivity index is 1.22. The van der Waals surface area contributed by atoms with E-state index >= 15 is 0 Å². The molecule has 3 amide bonds. The van der Waals surface area contributed by atoms with Crippen LogP contribution in [0.25, 0.3) is 17.3 Å². The molecule has 1 unspecified atom stereocenters. The Morgan fingerprint density at radius 2 is 1.44 bits per heavy atom. The van der Waals surface area contributed by atoms with E-state index in [1.54, 1.807) is 42.5 Å². The minimum atomic E-state index is -0.457. The number of benzene rings is 4. The molecule has 0 fully saturated rings. The van der Waals surface area contributed by atoms with Crippen LogP contribution in [-0.2, 0) is 9.59 Å². The molecule has 0 aliphatic carbocycles. The number of thioether (sulfide) groups is 1. The first-order valence-electron chi connectivity index (χ1n) is 14.3. The molecular weight excluding hydrogens is 601 g/mol. The lowest BCUT2D eigenvalue weighted by molar-refractivity contribution is -0.115. The normalized spacial score (nSPS) is 11.8. The van der Waals surface area contributed by atoms with E-state index in [1.807, 2.05) is 93.6 Å². The third-order valence-corrected chi connectivity index (χ3v) is 8.78. The van der Waals surface area contributed by atoms with Crippen molar-refractivity contribution < 1.29 is 14.4 Å². The van der Waals surface area contributed by atoms with Gasteiger partial charge in [0.15, 0.2) is 5.13 Å². The number of carbonyl (C=O) groups is 3. The Morgan fingerprint density at radius 1 is 0.800 bits per heavy atom. The van der Waals surface area contributed by atoms with Crippen molar-refractivity contribution in [3.8, 4) is 11.3 Å². The van der Waals surface area contributed by atoms with E-state index in [9.17, 15) is 14.4 Å². The van der Waals surface area contributed by atoms with E-state index in [-0.39, 0.29) is 22.8 Å². The molecule has 45 heavy (non-hydrogen) atoms. The van der Waals surface area contributed by atoms with Gasteiger partial charge in [-0.2, -0.15) is 0 Å². The van der Waals surface area contributed by atoms with Crippen LogP contribution in [0.4, 0.5) is 10.8 Å². The van der Waals surface area contributed by atoms with Crippen molar-refractivity contribution in [2.24, 2.45) is 0 Å². The Morgan fingerprint density at radius 3 is 2.11 bits per heavy atom. The predicted molar refractivity (Wildman–Crippen MR) is 184 cm³/mol. The highest BCUT2D eigenvalue weighted by Gasteiger charge is 2.19. The summed E-state index contributed by atoms with van der Waals surface area (Å²) in [4.78, 5) is 45.7. The quantitative estimate of drug-likeness (QED) is 0.107. The van der Waals surface area contributed by atoms with Crippen LogP contribution in [0.3, 0.4) is 0 Å². The van der Waals surface area contributed by atoms with E-state index in [0.29, 0.717) is 16.4 Å². The summed E-state index contributed by atoms with van der Waals surface area (Å²) < 4.78 is 0. The molecule has 1 atom stereocenters. The van der Waals surface area contributed by atoms with Gasteiger partial charge in [0.05, 0.1) is 10.9 Å². The summed E-state index contributed by atoms with van der Waals surface area (Å²) in [6, 6.07) is 33.5. The molecule has 4 aromatic carbocycles. The van der Waals surface area contributed by atoms with Crippen LogP contribution in [-0.4, -0.2) is 28.0 Å². The molecule has 3 N–H and O–H groups in total. The standard InChI is InChI=1S/C36H32N4O3S2/c1-23-14-16-26(17-15-23)22-31(38-34(42)28-12-8-5-9-13-28)35(43)37-29-18-20-30(21-19-29)44-25(3)33(41)40-36-39-32(24(2)45-36)27-10-6-4-7-11-27/h4-22,25H,1-3H3,(H,37,43)(H,38,42)(H,39,40,41)/b31-22-. The average Bonchev–Trinajstić information content (AvgIpc) is 3.42. The Bertz CT molecular complexity index is 1820. The smallest absolute Gasteiger partial charge is 0.272 e. The van der Waals surface area contributed by atoms with Gasteiger partial charge in [-0.1, -0.05) is 78.4 Å². The lowest BCUT2D eigenvalue weighted by Crippen LogP contribution is -2.30. The molecule has 226 valence electrons. The molecule has 0 aliphatic rings. The zero-order chi connectivity index (χ0) is 31.8. The van der Waals surface area contributed by atoms with Crippen molar-refractivity contribution in [1.29, 1.82) is 0 Å². The van der Waals surface area contributed by atoms with Crippen molar-refractivity contribution in [3.05, 3.63) is 136 Å². The molecule has 7 nitrogen and oxygen atoms in total. The van der Waals surface area contributed by atoms with Crippen LogP contribution in [0, 0.1) is 13.8 Å². The van der Waals surface area contributed by atoms with Crippen molar-refractivity contribution in [3.63, 3.8) is 0 Å². The van der Waals surface area contributed by atoms with Crippen LogP contribution in [0.2, 0.25) is 0 Å². The van der Waals surface area contributed by atoms with Gasteiger partial charge >= 0.3 is 0 Å². The molecule has 9 heteroatoms. The monoisotopic (exact) mass is 632 g/mol. The highest BCUT2D eigenvalue weighted by molar-refractivity contribution is 8.00. The number of anilines is 2. The summed E-state index contributed by atoms with van der Waals surface area (Å²) >= 11 is 2.86. The van der Waals surface area contributed by atoms with Crippen molar-refractivity contribution in [2.75, 3.05) is 10.6 Å². The molecule has 5 rings (SSSR count). The molecule has 0 radical (unpaired) electrons. The Labute approximate surface area is 270 Å². The minimum absolute atomic E-state index is 0.115. The molecule has 0 spiro atoms. The number of thiazole rings is 1. The third kappa shape index (κ3) is 8.56. The van der Waals surface area contributed by atoms with Gasteiger partial charge in [-0.25, -0.2) is 4.98 Å². The van der Waals surface area contributed by atoms with Gasteiger partial charge < -0.3 is 16.0 Å². The van der Waals surface area contributed by atoms with Crippen LogP contribution in [0.5, 0.6) is 0 Å². The number of nitrogens with zero attached hydrogens (tertiary/aromatic N) is 1. The molecular formula is C36H32N4O3S2. The molecule has 5 aromatic rings. The first-order chi connectivity index (χ1) is 21.7. The van der Waals surface area contributed by atoms with E-state index in [2.05, 4.69) is 20.9 Å². The summed E-state index contributed by atoms with van der Waals surface area (Å²) in [7, 11) is 0. The van der Waals surface area contributed by atoms with Crippen LogP contribution in [0.15, 0.2) is 120 Å². The maximum absolute atomic E-state index is 13.3. The second-order valence-electron chi connectivity index (χ2n) is 10.3. The van der Waals surface area contributed by atoms with Crippen molar-refractivity contribution in [2.45, 2.75) is 30.9 Å². The average molecular weight is 633 g/mol. The van der Waals surface area contributed by atoms with E-state index in [1.165, 1.54) is 23.1 Å². The van der Waals surface area contributed by atoms with Crippen molar-refractivity contribution in [1.82, 2.24) is 10.3 Å². The molecule has 0 bridgehead atoms. The van der Waals surface area contributed by atoms with Gasteiger partial charge in [0, 0.05) is 26.6 Å². The van der Waals surface area contributed by atoms with Crippen LogP contribution in [0.1, 0.15) is 33.3 Å². The van der Waals surface area contributed by atoms with Gasteiger partial charge in [0.1, 0.15) is 5.70 Å². The summed E-state index contributed by atoms with van der Waals surface area (Å²) in [5.74, 6) is -0.986. The van der Waals surface area contributed by atoms with Gasteiger partial charge in [-0.05, 0) is 68.8 Å². The number of hydrogen-bond donors (Lipinski definition) is 3. The highest BCUT2D eigenvalue weighted by Crippen LogP contribution is 2.31. The van der Waals surface area contributed by atoms with Crippen molar-refractivity contribution >= 4 is 57.7 Å². The number of hydrogen-bond acceptors (Lipinski definition) is 6. The molecule has 1 aromatic heterocycles. The maximum atomic E-state index is 13.3. The Kier molecular flexibility index (Phi) is 10.2. The highest BCUT2D eigenvalue weighted by atomic mass is 32.2. The molecule has 1 heterocycles. The van der Waals surface area contributed by atoms with E-state index < -0.39 is 5.91 Å². The molecule has 0 saturated heterocycles. The molecule has 0 aliphatic heterocycles. The van der Waals surface area contributed by atoms with E-state index in [4.69, 9.17) is 0 Å². The summed E-state index contributed by atoms with van der Waals surface area (Å²) in [5, 5.41) is 8.75. The number of nitrogens with one attached hydrogen (secondary N) is 3. The number of amides is 3. The fraction of sp³-hybridized carbons (Fsp3) is 0.111. The minimum Gasteiger partial charge on any atom is -0.321 e. The maximum Gasteiger partial charge on any atom is 0.272 e. The lowest BCUT2D eigenvalue weighted by Gasteiger charge is -2.13. The number of aromatic nitrogens is 1. The van der Waals surface area contributed by atoms with Gasteiger partial charge in [-0.3, -0.25) is 14.4 Å². The topological polar surface area (TPSA) is 100 Å². The predicted octanol–water partition coefficient (Wildman–Crippen LogP) is 7.96. The SMILES string of the molecule is Cc1ccc(/C=C(\NC(=O)c2ccccc2)C(=O)Nc2ccc(SC(C)C(=O)Nc3nc(-c4ccccc4)c(C)s3)cc2)cc1.